The third-order valence-electron chi connectivity index (χ3n) is 2.91. The van der Waals surface area contributed by atoms with Crippen molar-refractivity contribution >= 4 is 12.0 Å². The molecule has 0 saturated carbocycles. The molecule has 1 aliphatic heterocycles. The summed E-state index contributed by atoms with van der Waals surface area (Å²) in [5, 5.41) is 11.8. The number of urea groups is 1. The van der Waals surface area contributed by atoms with Crippen LogP contribution in [0.25, 0.3) is 0 Å². The molecule has 0 aromatic heterocycles. The van der Waals surface area contributed by atoms with Crippen LogP contribution in [0.3, 0.4) is 0 Å². The zero-order valence-corrected chi connectivity index (χ0v) is 10.9. The Morgan fingerprint density at radius 3 is 2.89 bits per heavy atom. The lowest BCUT2D eigenvalue weighted by Crippen LogP contribution is -2.54. The second kappa shape index (κ2) is 7.17. The smallest absolute Gasteiger partial charge is 0.320 e. The van der Waals surface area contributed by atoms with E-state index in [1.165, 1.54) is 0 Å². The molecule has 0 radical (unpaired) electrons. The first kappa shape index (κ1) is 14.7. The zero-order chi connectivity index (χ0) is 13.5. The van der Waals surface area contributed by atoms with Crippen LogP contribution in [-0.4, -0.2) is 79.9 Å². The monoisotopic (exact) mass is 259 g/mol. The van der Waals surface area contributed by atoms with Crippen LogP contribution in [-0.2, 0) is 9.53 Å². The minimum Gasteiger partial charge on any atom is -0.481 e. The van der Waals surface area contributed by atoms with E-state index in [9.17, 15) is 9.59 Å². The van der Waals surface area contributed by atoms with E-state index in [1.54, 1.807) is 16.8 Å². The molecule has 0 aromatic carbocycles. The first-order valence-electron chi connectivity index (χ1n) is 6.02. The third-order valence-corrected chi connectivity index (χ3v) is 2.91. The highest BCUT2D eigenvalue weighted by Gasteiger charge is 2.30. The Hall–Kier alpha value is -1.34. The lowest BCUT2D eigenvalue weighted by molar-refractivity contribution is -0.139. The van der Waals surface area contributed by atoms with Gasteiger partial charge in [-0.15, -0.1) is 0 Å². The molecule has 7 heteroatoms. The molecule has 2 N–H and O–H groups in total. The van der Waals surface area contributed by atoms with E-state index < -0.39 is 5.97 Å². The van der Waals surface area contributed by atoms with Crippen LogP contribution in [0.5, 0.6) is 0 Å². The van der Waals surface area contributed by atoms with Crippen LogP contribution in [0.4, 0.5) is 4.79 Å². The standard InChI is InChI=1S/C11H21N3O4/c1-12-3-4-13(2)11(17)14-5-6-18-8-9(14)7-10(15)16/h9,12H,3-8H2,1-2H3,(H,15,16). The molecular weight excluding hydrogens is 238 g/mol. The summed E-state index contributed by atoms with van der Waals surface area (Å²) in [4.78, 5) is 26.1. The molecule has 1 atom stereocenters. The van der Waals surface area contributed by atoms with Crippen LogP contribution in [0.2, 0.25) is 0 Å². The number of nitrogens with zero attached hydrogens (tertiary/aromatic N) is 2. The van der Waals surface area contributed by atoms with Gasteiger partial charge in [0.05, 0.1) is 25.7 Å². The number of hydrogen-bond donors (Lipinski definition) is 2. The number of hydrogen-bond acceptors (Lipinski definition) is 4. The summed E-state index contributed by atoms with van der Waals surface area (Å²) in [5.41, 5.74) is 0. The first-order chi connectivity index (χ1) is 8.56. The molecule has 7 nitrogen and oxygen atoms in total. The van der Waals surface area contributed by atoms with E-state index in [2.05, 4.69) is 5.32 Å². The van der Waals surface area contributed by atoms with Crippen molar-refractivity contribution in [2.24, 2.45) is 0 Å². The molecule has 0 aliphatic carbocycles. The van der Waals surface area contributed by atoms with E-state index in [-0.39, 0.29) is 25.1 Å². The third kappa shape index (κ3) is 4.15. The Bertz CT molecular complexity index is 298. The Morgan fingerprint density at radius 2 is 2.28 bits per heavy atom. The van der Waals surface area contributed by atoms with E-state index >= 15 is 0 Å². The highest BCUT2D eigenvalue weighted by Crippen LogP contribution is 2.12. The molecule has 1 unspecified atom stereocenters. The minimum absolute atomic E-state index is 0.0778. The van der Waals surface area contributed by atoms with Crippen LogP contribution in [0.15, 0.2) is 0 Å². The van der Waals surface area contributed by atoms with Gasteiger partial charge < -0.3 is 25.0 Å². The number of morpholine rings is 1. The number of likely N-dealkylation sites (N-methyl/N-ethyl adjacent to an activating group) is 2. The number of rotatable bonds is 5. The molecule has 18 heavy (non-hydrogen) atoms. The van der Waals surface area contributed by atoms with Crippen molar-refractivity contribution in [2.45, 2.75) is 12.5 Å². The minimum atomic E-state index is -0.916. The zero-order valence-electron chi connectivity index (χ0n) is 10.9. The molecule has 0 aromatic rings. The molecule has 104 valence electrons. The van der Waals surface area contributed by atoms with Gasteiger partial charge in [-0.3, -0.25) is 4.79 Å². The van der Waals surface area contributed by atoms with Crippen LogP contribution < -0.4 is 5.32 Å². The van der Waals surface area contributed by atoms with Crippen LogP contribution in [0, 0.1) is 0 Å². The average Bonchev–Trinajstić information content (AvgIpc) is 2.35. The Balaban J connectivity index is 2.58. The largest absolute Gasteiger partial charge is 0.481 e. The van der Waals surface area contributed by atoms with Crippen molar-refractivity contribution < 1.29 is 19.4 Å². The summed E-state index contributed by atoms with van der Waals surface area (Å²) in [7, 11) is 3.53. The molecule has 1 aliphatic rings. The number of carboxylic acids is 1. The van der Waals surface area contributed by atoms with Gasteiger partial charge in [0.1, 0.15) is 0 Å². The topological polar surface area (TPSA) is 82.1 Å². The molecule has 1 rings (SSSR count). The number of nitrogens with one attached hydrogen (secondary N) is 1. The van der Waals surface area contributed by atoms with Crippen molar-refractivity contribution in [3.8, 4) is 0 Å². The SMILES string of the molecule is CNCCN(C)C(=O)N1CCOCC1CC(=O)O. The molecular formula is C11H21N3O4. The van der Waals surface area contributed by atoms with Crippen LogP contribution in [0.1, 0.15) is 6.42 Å². The summed E-state index contributed by atoms with van der Waals surface area (Å²) in [6.45, 7) is 2.49. The van der Waals surface area contributed by atoms with Gasteiger partial charge in [0.2, 0.25) is 0 Å². The second-order valence-corrected chi connectivity index (χ2v) is 4.33. The number of ether oxygens (including phenoxy) is 1. The van der Waals surface area contributed by atoms with E-state index in [0.717, 1.165) is 0 Å². The predicted octanol–water partition coefficient (Wildman–Crippen LogP) is -0.567. The van der Waals surface area contributed by atoms with Gasteiger partial charge in [-0.2, -0.15) is 0 Å². The van der Waals surface area contributed by atoms with Crippen molar-refractivity contribution in [3.63, 3.8) is 0 Å². The van der Waals surface area contributed by atoms with Gasteiger partial charge in [0.15, 0.2) is 0 Å². The van der Waals surface area contributed by atoms with Gasteiger partial charge in [-0.1, -0.05) is 0 Å². The van der Waals surface area contributed by atoms with E-state index in [0.29, 0.717) is 26.2 Å². The number of carbonyl (C=O) groups excluding carboxylic acids is 1. The van der Waals surface area contributed by atoms with Crippen molar-refractivity contribution in [1.29, 1.82) is 0 Å². The van der Waals surface area contributed by atoms with Crippen molar-refractivity contribution in [1.82, 2.24) is 15.1 Å². The number of carboxylic acid groups (broad SMARTS) is 1. The van der Waals surface area contributed by atoms with Crippen molar-refractivity contribution in [2.75, 3.05) is 46.9 Å². The van der Waals surface area contributed by atoms with Crippen molar-refractivity contribution in [3.05, 3.63) is 0 Å². The lowest BCUT2D eigenvalue weighted by Gasteiger charge is -2.37. The maximum atomic E-state index is 12.2. The summed E-state index contributed by atoms with van der Waals surface area (Å²) in [6.07, 6.45) is -0.0778. The fourth-order valence-electron chi connectivity index (χ4n) is 1.87. The summed E-state index contributed by atoms with van der Waals surface area (Å²) < 4.78 is 5.24. The molecule has 1 saturated heterocycles. The summed E-state index contributed by atoms with van der Waals surface area (Å²) >= 11 is 0. The Kier molecular flexibility index (Phi) is 5.87. The number of carbonyl (C=O) groups is 2. The van der Waals surface area contributed by atoms with Gasteiger partial charge in [0, 0.05) is 26.7 Å². The maximum absolute atomic E-state index is 12.2. The quantitative estimate of drug-likeness (QED) is 0.691. The molecule has 0 bridgehead atoms. The van der Waals surface area contributed by atoms with Gasteiger partial charge in [-0.05, 0) is 7.05 Å². The highest BCUT2D eigenvalue weighted by atomic mass is 16.5. The molecule has 2 amide bonds. The summed E-state index contributed by atoms with van der Waals surface area (Å²) in [5.74, 6) is -0.916. The second-order valence-electron chi connectivity index (χ2n) is 4.33. The average molecular weight is 259 g/mol. The van der Waals surface area contributed by atoms with Gasteiger partial charge >= 0.3 is 12.0 Å². The predicted molar refractivity (Wildman–Crippen MR) is 65.5 cm³/mol. The molecule has 0 spiro atoms. The normalized spacial score (nSPS) is 19.7. The Labute approximate surface area is 107 Å². The highest BCUT2D eigenvalue weighted by molar-refractivity contribution is 5.76. The Morgan fingerprint density at radius 1 is 1.56 bits per heavy atom. The molecule has 1 heterocycles. The number of aliphatic carboxylic acids is 1. The maximum Gasteiger partial charge on any atom is 0.320 e. The lowest BCUT2D eigenvalue weighted by atomic mass is 10.1. The number of amides is 2. The fourth-order valence-corrected chi connectivity index (χ4v) is 1.87. The van der Waals surface area contributed by atoms with Gasteiger partial charge in [0.25, 0.3) is 0 Å². The van der Waals surface area contributed by atoms with Gasteiger partial charge in [-0.25, -0.2) is 4.79 Å². The van der Waals surface area contributed by atoms with E-state index in [1.807, 2.05) is 7.05 Å². The van der Waals surface area contributed by atoms with E-state index in [4.69, 9.17) is 9.84 Å². The first-order valence-corrected chi connectivity index (χ1v) is 6.02. The molecule has 1 fully saturated rings. The van der Waals surface area contributed by atoms with Crippen LogP contribution >= 0.6 is 0 Å². The fraction of sp³-hybridized carbons (Fsp3) is 0.818. The summed E-state index contributed by atoms with van der Waals surface area (Å²) in [6, 6.07) is -0.513.